The highest BCUT2D eigenvalue weighted by Gasteiger charge is 2.29. The van der Waals surface area contributed by atoms with Gasteiger partial charge in [0, 0.05) is 18.1 Å². The van der Waals surface area contributed by atoms with E-state index in [-0.39, 0.29) is 16.6 Å². The first-order valence-electron chi connectivity index (χ1n) is 7.51. The molecule has 0 bridgehead atoms. The van der Waals surface area contributed by atoms with Crippen molar-refractivity contribution in [1.29, 1.82) is 0 Å². The number of rotatable bonds is 3. The zero-order valence-corrected chi connectivity index (χ0v) is 14.1. The molecular weight excluding hydrogens is 334 g/mol. The van der Waals surface area contributed by atoms with E-state index < -0.39 is 10.0 Å². The first kappa shape index (κ1) is 16.3. The number of benzene rings is 2. The van der Waals surface area contributed by atoms with Crippen LogP contribution in [0.2, 0.25) is 5.02 Å². The third-order valence-corrected chi connectivity index (χ3v) is 6.41. The summed E-state index contributed by atoms with van der Waals surface area (Å²) in [5, 5.41) is 10.1. The minimum absolute atomic E-state index is 0.249. The maximum absolute atomic E-state index is 12.6. The fourth-order valence-corrected chi connectivity index (χ4v) is 4.56. The second kappa shape index (κ2) is 6.51. The van der Waals surface area contributed by atoms with Gasteiger partial charge in [-0.15, -0.1) is 0 Å². The molecule has 2 aromatic carbocycles. The maximum Gasteiger partial charge on any atom is 0.243 e. The topological polar surface area (TPSA) is 57.6 Å². The van der Waals surface area contributed by atoms with Gasteiger partial charge in [0.05, 0.1) is 4.90 Å². The van der Waals surface area contributed by atoms with E-state index in [1.54, 1.807) is 36.4 Å². The molecule has 4 nitrogen and oxygen atoms in total. The molecule has 23 heavy (non-hydrogen) atoms. The van der Waals surface area contributed by atoms with Crippen LogP contribution in [0.3, 0.4) is 0 Å². The van der Waals surface area contributed by atoms with Gasteiger partial charge in [-0.3, -0.25) is 0 Å². The highest BCUT2D eigenvalue weighted by atomic mass is 35.5. The molecule has 0 atom stereocenters. The first-order valence-corrected chi connectivity index (χ1v) is 9.33. The van der Waals surface area contributed by atoms with Crippen LogP contribution in [0.1, 0.15) is 24.3 Å². The summed E-state index contributed by atoms with van der Waals surface area (Å²) in [6.07, 6.45) is 1.49. The van der Waals surface area contributed by atoms with Gasteiger partial charge in [-0.2, -0.15) is 4.31 Å². The van der Waals surface area contributed by atoms with Gasteiger partial charge in [0.25, 0.3) is 0 Å². The second-order valence-corrected chi connectivity index (χ2v) is 8.10. The van der Waals surface area contributed by atoms with Crippen molar-refractivity contribution in [2.75, 3.05) is 13.1 Å². The van der Waals surface area contributed by atoms with Crippen molar-refractivity contribution in [1.82, 2.24) is 4.31 Å². The molecule has 0 spiro atoms. The molecular formula is C17H18ClNO3S. The van der Waals surface area contributed by atoms with Crippen LogP contribution in [0.15, 0.2) is 53.4 Å². The van der Waals surface area contributed by atoms with Crippen LogP contribution in [-0.2, 0) is 10.0 Å². The fourth-order valence-electron chi connectivity index (χ4n) is 2.96. The Morgan fingerprint density at radius 1 is 1.04 bits per heavy atom. The number of hydrogen-bond donors (Lipinski definition) is 1. The monoisotopic (exact) mass is 351 g/mol. The number of phenolic OH excluding ortho intramolecular Hbond substituents is 1. The Bertz CT molecular complexity index is 782. The molecule has 0 aliphatic carbocycles. The highest BCUT2D eigenvalue weighted by molar-refractivity contribution is 7.89. The van der Waals surface area contributed by atoms with Crippen molar-refractivity contribution in [2.45, 2.75) is 23.7 Å². The van der Waals surface area contributed by atoms with Crippen molar-refractivity contribution >= 4 is 21.6 Å². The maximum atomic E-state index is 12.6. The van der Waals surface area contributed by atoms with Gasteiger partial charge in [-0.05, 0) is 60.7 Å². The van der Waals surface area contributed by atoms with Crippen molar-refractivity contribution in [3.8, 4) is 5.75 Å². The van der Waals surface area contributed by atoms with E-state index >= 15 is 0 Å². The van der Waals surface area contributed by atoms with Gasteiger partial charge in [-0.1, -0.05) is 23.7 Å². The zero-order valence-electron chi connectivity index (χ0n) is 12.5. The average Bonchev–Trinajstić information content (AvgIpc) is 2.55. The normalized spacial score (nSPS) is 17.3. The van der Waals surface area contributed by atoms with Gasteiger partial charge in [-0.25, -0.2) is 8.42 Å². The number of aromatic hydroxyl groups is 1. The van der Waals surface area contributed by atoms with Crippen LogP contribution in [0.4, 0.5) is 0 Å². The number of sulfonamides is 1. The lowest BCUT2D eigenvalue weighted by Gasteiger charge is -2.31. The predicted molar refractivity (Wildman–Crippen MR) is 90.3 cm³/mol. The number of hydrogen-bond acceptors (Lipinski definition) is 3. The van der Waals surface area contributed by atoms with E-state index in [1.165, 1.54) is 4.31 Å². The summed E-state index contributed by atoms with van der Waals surface area (Å²) >= 11 is 5.82. The van der Waals surface area contributed by atoms with E-state index in [0.29, 0.717) is 18.1 Å². The van der Waals surface area contributed by atoms with Gasteiger partial charge >= 0.3 is 0 Å². The number of halogens is 1. The van der Waals surface area contributed by atoms with E-state index in [1.807, 2.05) is 12.1 Å². The summed E-state index contributed by atoms with van der Waals surface area (Å²) in [7, 11) is -3.47. The van der Waals surface area contributed by atoms with Crippen LogP contribution in [0.25, 0.3) is 0 Å². The van der Waals surface area contributed by atoms with Crippen LogP contribution >= 0.6 is 11.6 Å². The summed E-state index contributed by atoms with van der Waals surface area (Å²) in [5.41, 5.74) is 1.06. The highest BCUT2D eigenvalue weighted by Crippen LogP contribution is 2.32. The molecule has 1 aliphatic heterocycles. The van der Waals surface area contributed by atoms with E-state index in [2.05, 4.69) is 0 Å². The van der Waals surface area contributed by atoms with Crippen molar-refractivity contribution in [3.63, 3.8) is 0 Å². The Morgan fingerprint density at radius 2 is 1.70 bits per heavy atom. The number of phenols is 1. The smallest absolute Gasteiger partial charge is 0.243 e. The second-order valence-electron chi connectivity index (χ2n) is 5.73. The fraction of sp³-hybridized carbons (Fsp3) is 0.294. The zero-order chi connectivity index (χ0) is 16.4. The molecule has 6 heteroatoms. The molecule has 1 saturated heterocycles. The largest absolute Gasteiger partial charge is 0.508 e. The van der Waals surface area contributed by atoms with Crippen molar-refractivity contribution in [2.24, 2.45) is 0 Å². The lowest BCUT2D eigenvalue weighted by atomic mass is 9.90. The molecule has 1 fully saturated rings. The summed E-state index contributed by atoms with van der Waals surface area (Å²) in [4.78, 5) is 0.276. The Balaban J connectivity index is 1.72. The predicted octanol–water partition coefficient (Wildman–Crippen LogP) is 3.61. The molecule has 0 radical (unpaired) electrons. The van der Waals surface area contributed by atoms with Gasteiger partial charge in [0.2, 0.25) is 10.0 Å². The average molecular weight is 352 g/mol. The minimum atomic E-state index is -3.47. The SMILES string of the molecule is O=S(=O)(c1ccc(Cl)cc1)N1CCC(c2cccc(O)c2)CC1. The van der Waals surface area contributed by atoms with E-state index in [9.17, 15) is 13.5 Å². The Hall–Kier alpha value is -1.56. The Morgan fingerprint density at radius 3 is 2.30 bits per heavy atom. The number of piperidine rings is 1. The van der Waals surface area contributed by atoms with Gasteiger partial charge in [0.15, 0.2) is 0 Å². The van der Waals surface area contributed by atoms with E-state index in [4.69, 9.17) is 11.6 Å². The van der Waals surface area contributed by atoms with Crippen molar-refractivity contribution < 1.29 is 13.5 Å². The van der Waals surface area contributed by atoms with Gasteiger partial charge in [0.1, 0.15) is 5.75 Å². The Labute approximate surface area is 141 Å². The number of nitrogens with zero attached hydrogens (tertiary/aromatic N) is 1. The van der Waals surface area contributed by atoms with Crippen molar-refractivity contribution in [3.05, 3.63) is 59.1 Å². The minimum Gasteiger partial charge on any atom is -0.508 e. The molecule has 1 N–H and O–H groups in total. The third-order valence-electron chi connectivity index (χ3n) is 4.25. The van der Waals surface area contributed by atoms with Gasteiger partial charge < -0.3 is 5.11 Å². The molecule has 0 amide bonds. The lowest BCUT2D eigenvalue weighted by Crippen LogP contribution is -2.37. The van der Waals surface area contributed by atoms with Crippen LogP contribution < -0.4 is 0 Å². The quantitative estimate of drug-likeness (QED) is 0.918. The molecule has 1 aliphatic rings. The van der Waals surface area contributed by atoms with Crippen LogP contribution in [0.5, 0.6) is 5.75 Å². The Kier molecular flexibility index (Phi) is 4.62. The third kappa shape index (κ3) is 3.52. The summed E-state index contributed by atoms with van der Waals surface area (Å²) < 4.78 is 26.8. The molecule has 0 aromatic heterocycles. The summed E-state index contributed by atoms with van der Waals surface area (Å²) in [6.45, 7) is 0.955. The molecule has 0 unspecified atom stereocenters. The molecule has 1 heterocycles. The molecule has 122 valence electrons. The summed E-state index contributed by atoms with van der Waals surface area (Å²) in [6, 6.07) is 13.5. The first-order chi connectivity index (χ1) is 11.0. The molecule has 3 rings (SSSR count). The van der Waals surface area contributed by atoms with Crippen LogP contribution in [-0.4, -0.2) is 30.9 Å². The molecule has 2 aromatic rings. The summed E-state index contributed by atoms with van der Waals surface area (Å²) in [5.74, 6) is 0.525. The van der Waals surface area contributed by atoms with E-state index in [0.717, 1.165) is 18.4 Å². The molecule has 0 saturated carbocycles. The van der Waals surface area contributed by atoms with Crippen LogP contribution in [0, 0.1) is 0 Å². The standard InChI is InChI=1S/C17H18ClNO3S/c18-15-4-6-17(7-5-15)23(21,22)19-10-8-13(9-11-19)14-2-1-3-16(20)12-14/h1-7,12-13,20H,8-11H2. The lowest BCUT2D eigenvalue weighted by molar-refractivity contribution is 0.319.